The molecule has 0 unspecified atom stereocenters. The molecule has 134 valence electrons. The second-order valence-electron chi connectivity index (χ2n) is 4.65. The number of halogens is 1. The van der Waals surface area contributed by atoms with Crippen LogP contribution in [0.1, 0.15) is 26.3 Å². The minimum absolute atomic E-state index is 0. The van der Waals surface area contributed by atoms with Crippen LogP contribution in [-0.2, 0) is 16.6 Å². The highest BCUT2D eigenvalue weighted by Crippen LogP contribution is 2.06. The number of sulfonamides is 1. The molecule has 1 aromatic heterocycles. The van der Waals surface area contributed by atoms with Gasteiger partial charge in [-0.2, -0.15) is 11.3 Å². The van der Waals surface area contributed by atoms with Crippen LogP contribution in [0.5, 0.6) is 0 Å². The summed E-state index contributed by atoms with van der Waals surface area (Å²) >= 11 is 1.64. The molecular weight excluding hydrogens is 447 g/mol. The van der Waals surface area contributed by atoms with Crippen molar-refractivity contribution in [3.8, 4) is 0 Å². The first-order valence-corrected chi connectivity index (χ1v) is 10.1. The first-order valence-electron chi connectivity index (χ1n) is 7.54. The van der Waals surface area contributed by atoms with Gasteiger partial charge in [0.25, 0.3) is 0 Å². The average Bonchev–Trinajstić information content (AvgIpc) is 2.99. The second-order valence-corrected chi connectivity index (χ2v) is 7.52. The fraction of sp³-hybridized carbons (Fsp3) is 0.643. The molecule has 0 aliphatic heterocycles. The summed E-state index contributed by atoms with van der Waals surface area (Å²) in [6.45, 7) is 8.35. The number of rotatable bonds is 9. The number of nitrogens with zero attached hydrogens (tertiary/aromatic N) is 2. The molecule has 0 aliphatic rings. The topological polar surface area (TPSA) is 73.8 Å². The Kier molecular flexibility index (Phi) is 11.8. The van der Waals surface area contributed by atoms with Crippen LogP contribution < -0.4 is 10.6 Å². The van der Waals surface area contributed by atoms with E-state index in [1.807, 2.05) is 32.2 Å². The minimum atomic E-state index is -3.20. The van der Waals surface area contributed by atoms with Crippen molar-refractivity contribution in [3.63, 3.8) is 0 Å². The molecule has 1 heterocycles. The molecule has 1 aromatic rings. The van der Waals surface area contributed by atoms with E-state index in [0.717, 1.165) is 12.1 Å². The van der Waals surface area contributed by atoms with Crippen molar-refractivity contribution < 1.29 is 8.42 Å². The van der Waals surface area contributed by atoms with Gasteiger partial charge in [-0.15, -0.1) is 24.0 Å². The first kappa shape index (κ1) is 22.6. The molecule has 0 bridgehead atoms. The first-order chi connectivity index (χ1) is 10.5. The SMILES string of the molecule is CCNC(=NCc1ccsc1)NCCS(=O)(=O)N(CC)CC.I. The highest BCUT2D eigenvalue weighted by molar-refractivity contribution is 14.0. The van der Waals surface area contributed by atoms with E-state index in [0.29, 0.717) is 32.1 Å². The largest absolute Gasteiger partial charge is 0.357 e. The summed E-state index contributed by atoms with van der Waals surface area (Å²) in [5.41, 5.74) is 1.15. The number of hydrogen-bond donors (Lipinski definition) is 2. The summed E-state index contributed by atoms with van der Waals surface area (Å²) in [5.74, 6) is 0.709. The summed E-state index contributed by atoms with van der Waals surface area (Å²) in [5, 5.41) is 10.3. The van der Waals surface area contributed by atoms with Gasteiger partial charge in [0.1, 0.15) is 0 Å². The molecule has 0 fully saturated rings. The van der Waals surface area contributed by atoms with Crippen molar-refractivity contribution in [1.29, 1.82) is 0 Å². The van der Waals surface area contributed by atoms with E-state index < -0.39 is 10.0 Å². The van der Waals surface area contributed by atoms with Crippen molar-refractivity contribution in [1.82, 2.24) is 14.9 Å². The van der Waals surface area contributed by atoms with E-state index in [9.17, 15) is 8.42 Å². The Hall–Kier alpha value is -0.390. The molecule has 6 nitrogen and oxygen atoms in total. The summed E-state index contributed by atoms with van der Waals surface area (Å²) in [6.07, 6.45) is 0. The predicted octanol–water partition coefficient (Wildman–Crippen LogP) is 2.09. The van der Waals surface area contributed by atoms with Crippen molar-refractivity contribution in [2.75, 3.05) is 31.9 Å². The zero-order chi connectivity index (χ0) is 16.4. The molecule has 23 heavy (non-hydrogen) atoms. The molecule has 0 aromatic carbocycles. The minimum Gasteiger partial charge on any atom is -0.357 e. The highest BCUT2D eigenvalue weighted by atomic mass is 127. The van der Waals surface area contributed by atoms with Crippen LogP contribution in [0.15, 0.2) is 21.8 Å². The van der Waals surface area contributed by atoms with E-state index in [1.165, 1.54) is 4.31 Å². The Balaban J connectivity index is 0.00000484. The number of nitrogens with one attached hydrogen (secondary N) is 2. The Bertz CT molecular complexity index is 543. The monoisotopic (exact) mass is 474 g/mol. The van der Waals surface area contributed by atoms with Crippen molar-refractivity contribution in [3.05, 3.63) is 22.4 Å². The summed E-state index contributed by atoms with van der Waals surface area (Å²) in [7, 11) is -3.20. The van der Waals surface area contributed by atoms with Crippen LogP contribution in [0.3, 0.4) is 0 Å². The van der Waals surface area contributed by atoms with Crippen LogP contribution >= 0.6 is 35.3 Å². The zero-order valence-corrected chi connectivity index (χ0v) is 17.9. The maximum atomic E-state index is 12.1. The molecule has 0 atom stereocenters. The lowest BCUT2D eigenvalue weighted by molar-refractivity contribution is 0.445. The molecule has 0 spiro atoms. The Morgan fingerprint density at radius 2 is 1.96 bits per heavy atom. The third-order valence-corrected chi connectivity index (χ3v) is 5.85. The number of hydrogen-bond acceptors (Lipinski definition) is 4. The predicted molar refractivity (Wildman–Crippen MR) is 109 cm³/mol. The molecule has 0 saturated heterocycles. The smallest absolute Gasteiger partial charge is 0.215 e. The van der Waals surface area contributed by atoms with Gasteiger partial charge in [0.2, 0.25) is 10.0 Å². The standard InChI is InChI=1S/C14H26N4O2S2.HI/c1-4-15-14(17-11-13-7-9-21-12-13)16-8-10-22(19,20)18(5-2)6-3;/h7,9,12H,4-6,8,10-11H2,1-3H3,(H2,15,16,17);1H. The molecule has 0 aliphatic carbocycles. The molecule has 1 rings (SSSR count). The third kappa shape index (κ3) is 8.32. The normalized spacial score (nSPS) is 12.1. The maximum Gasteiger partial charge on any atom is 0.215 e. The third-order valence-electron chi connectivity index (χ3n) is 3.10. The van der Waals surface area contributed by atoms with Crippen molar-refractivity contribution >= 4 is 51.3 Å². The van der Waals surface area contributed by atoms with Crippen LogP contribution in [0.2, 0.25) is 0 Å². The van der Waals surface area contributed by atoms with Gasteiger partial charge in [-0.1, -0.05) is 13.8 Å². The van der Waals surface area contributed by atoms with Gasteiger partial charge in [-0.3, -0.25) is 0 Å². The molecule has 0 radical (unpaired) electrons. The van der Waals surface area contributed by atoms with E-state index in [4.69, 9.17) is 0 Å². The van der Waals surface area contributed by atoms with E-state index >= 15 is 0 Å². The number of aliphatic imine (C=N–C) groups is 1. The Morgan fingerprint density at radius 1 is 1.26 bits per heavy atom. The van der Waals surface area contributed by atoms with Gasteiger partial charge in [-0.25, -0.2) is 17.7 Å². The van der Waals surface area contributed by atoms with E-state index in [2.05, 4.69) is 21.0 Å². The quantitative estimate of drug-likeness (QED) is 0.327. The summed E-state index contributed by atoms with van der Waals surface area (Å²) < 4.78 is 25.7. The average molecular weight is 474 g/mol. The fourth-order valence-corrected chi connectivity index (χ4v) is 4.00. The van der Waals surface area contributed by atoms with Crippen LogP contribution in [-0.4, -0.2) is 50.6 Å². The number of guanidine groups is 1. The van der Waals surface area contributed by atoms with Crippen molar-refractivity contribution in [2.45, 2.75) is 27.3 Å². The zero-order valence-electron chi connectivity index (χ0n) is 13.9. The van der Waals surface area contributed by atoms with Gasteiger partial charge < -0.3 is 10.6 Å². The summed E-state index contributed by atoms with van der Waals surface area (Å²) in [6, 6.07) is 2.03. The van der Waals surface area contributed by atoms with Crippen LogP contribution in [0.4, 0.5) is 0 Å². The van der Waals surface area contributed by atoms with Gasteiger partial charge in [0.15, 0.2) is 5.96 Å². The van der Waals surface area contributed by atoms with Crippen molar-refractivity contribution in [2.24, 2.45) is 4.99 Å². The Morgan fingerprint density at radius 3 is 2.48 bits per heavy atom. The number of thiophene rings is 1. The van der Waals surface area contributed by atoms with Gasteiger partial charge in [-0.05, 0) is 29.3 Å². The lowest BCUT2D eigenvalue weighted by Crippen LogP contribution is -2.42. The second kappa shape index (κ2) is 12.0. The molecular formula is C14H27IN4O2S2. The molecule has 9 heteroatoms. The fourth-order valence-electron chi connectivity index (χ4n) is 1.94. The van der Waals surface area contributed by atoms with Gasteiger partial charge in [0, 0.05) is 26.2 Å². The van der Waals surface area contributed by atoms with E-state index in [1.54, 1.807) is 11.3 Å². The van der Waals surface area contributed by atoms with Crippen LogP contribution in [0.25, 0.3) is 0 Å². The van der Waals surface area contributed by atoms with Crippen LogP contribution in [0, 0.1) is 0 Å². The van der Waals surface area contributed by atoms with Gasteiger partial charge >= 0.3 is 0 Å². The lowest BCUT2D eigenvalue weighted by Gasteiger charge is -2.19. The molecule has 2 N–H and O–H groups in total. The molecule has 0 saturated carbocycles. The summed E-state index contributed by atoms with van der Waals surface area (Å²) in [4.78, 5) is 4.45. The van der Waals surface area contributed by atoms with Gasteiger partial charge in [0.05, 0.1) is 12.3 Å². The molecule has 0 amide bonds. The Labute approximate surface area is 160 Å². The lowest BCUT2D eigenvalue weighted by atomic mass is 10.3. The maximum absolute atomic E-state index is 12.1. The highest BCUT2D eigenvalue weighted by Gasteiger charge is 2.18. The van der Waals surface area contributed by atoms with E-state index in [-0.39, 0.29) is 29.7 Å².